The third kappa shape index (κ3) is 8.16. The van der Waals surface area contributed by atoms with Crippen molar-refractivity contribution in [1.29, 1.82) is 0 Å². The van der Waals surface area contributed by atoms with Gasteiger partial charge in [0.05, 0.1) is 12.8 Å². The number of nitrogens with zero attached hydrogens (tertiary/aromatic N) is 3. The summed E-state index contributed by atoms with van der Waals surface area (Å²) < 4.78 is 47.1. The molecule has 0 saturated heterocycles. The molecule has 0 heterocycles. The standard InChI is InChI=1S/C26H37FN4O5S/c1-6-8-16-28-26(33)24(7-2)30(18-20-10-9-11-23(17-20)36-5)25(32)19-31(37(34,35)29(3)4)22-14-12-21(27)13-15-22/h9-15,17,24H,6-8,16,18-19H2,1-5H3,(H,28,33)/t24-/m0/s1. The molecule has 0 spiro atoms. The molecule has 1 atom stereocenters. The number of hydrogen-bond acceptors (Lipinski definition) is 5. The molecule has 2 aromatic carbocycles. The molecule has 0 unspecified atom stereocenters. The fourth-order valence-corrected chi connectivity index (χ4v) is 4.77. The fraction of sp³-hybridized carbons (Fsp3) is 0.462. The maximum atomic E-state index is 13.8. The minimum absolute atomic E-state index is 0.0645. The van der Waals surface area contributed by atoms with E-state index in [1.54, 1.807) is 31.2 Å². The van der Waals surface area contributed by atoms with E-state index < -0.39 is 34.5 Å². The average molecular weight is 537 g/mol. The smallest absolute Gasteiger partial charge is 0.304 e. The average Bonchev–Trinajstić information content (AvgIpc) is 2.87. The molecule has 0 aliphatic carbocycles. The van der Waals surface area contributed by atoms with Gasteiger partial charge in [0.2, 0.25) is 11.8 Å². The summed E-state index contributed by atoms with van der Waals surface area (Å²) in [6, 6.07) is 11.1. The second-order valence-corrected chi connectivity index (χ2v) is 10.8. The van der Waals surface area contributed by atoms with Gasteiger partial charge in [-0.3, -0.25) is 9.59 Å². The van der Waals surface area contributed by atoms with Gasteiger partial charge in [-0.1, -0.05) is 32.4 Å². The number of rotatable bonds is 14. The molecule has 1 N–H and O–H groups in total. The van der Waals surface area contributed by atoms with E-state index in [-0.39, 0.29) is 18.1 Å². The van der Waals surface area contributed by atoms with Crippen molar-refractivity contribution in [2.75, 3.05) is 38.6 Å². The van der Waals surface area contributed by atoms with Crippen LogP contribution in [0.4, 0.5) is 10.1 Å². The molecular formula is C26H37FN4O5S. The molecule has 37 heavy (non-hydrogen) atoms. The van der Waals surface area contributed by atoms with Crippen LogP contribution in [-0.2, 0) is 26.3 Å². The third-order valence-corrected chi connectivity index (χ3v) is 7.66. The summed E-state index contributed by atoms with van der Waals surface area (Å²) in [7, 11) is 0.117. The first-order valence-electron chi connectivity index (χ1n) is 12.2. The van der Waals surface area contributed by atoms with Gasteiger partial charge in [-0.25, -0.2) is 8.70 Å². The van der Waals surface area contributed by atoms with E-state index in [1.165, 1.54) is 38.2 Å². The molecule has 204 valence electrons. The first-order chi connectivity index (χ1) is 17.5. The molecule has 2 rings (SSSR count). The van der Waals surface area contributed by atoms with Gasteiger partial charge in [-0.05, 0) is 54.8 Å². The van der Waals surface area contributed by atoms with Crippen LogP contribution in [0.5, 0.6) is 5.75 Å². The Morgan fingerprint density at radius 2 is 1.76 bits per heavy atom. The van der Waals surface area contributed by atoms with Crippen LogP contribution in [0.25, 0.3) is 0 Å². The Bertz CT molecular complexity index is 1140. The number of unbranched alkanes of at least 4 members (excludes halogenated alkanes) is 1. The van der Waals surface area contributed by atoms with Gasteiger partial charge in [0.1, 0.15) is 24.2 Å². The van der Waals surface area contributed by atoms with Crippen LogP contribution in [0, 0.1) is 5.82 Å². The Balaban J connectivity index is 2.47. The zero-order valence-electron chi connectivity index (χ0n) is 22.1. The van der Waals surface area contributed by atoms with E-state index in [9.17, 15) is 22.4 Å². The number of hydrogen-bond donors (Lipinski definition) is 1. The molecule has 0 aromatic heterocycles. The highest BCUT2D eigenvalue weighted by atomic mass is 32.2. The Labute approximate surface area is 219 Å². The Hall–Kier alpha value is -3.18. The highest BCUT2D eigenvalue weighted by Crippen LogP contribution is 2.22. The highest BCUT2D eigenvalue weighted by molar-refractivity contribution is 7.90. The van der Waals surface area contributed by atoms with E-state index >= 15 is 0 Å². The molecule has 0 radical (unpaired) electrons. The van der Waals surface area contributed by atoms with Crippen LogP contribution in [0.15, 0.2) is 48.5 Å². The number of amides is 2. The Morgan fingerprint density at radius 1 is 1.08 bits per heavy atom. The van der Waals surface area contributed by atoms with E-state index in [4.69, 9.17) is 4.74 Å². The van der Waals surface area contributed by atoms with Crippen molar-refractivity contribution in [1.82, 2.24) is 14.5 Å². The van der Waals surface area contributed by atoms with Gasteiger partial charge in [0.25, 0.3) is 0 Å². The predicted molar refractivity (Wildman–Crippen MR) is 142 cm³/mol. The second kappa shape index (κ2) is 13.9. The Kier molecular flexibility index (Phi) is 11.3. The third-order valence-electron chi connectivity index (χ3n) is 5.84. The summed E-state index contributed by atoms with van der Waals surface area (Å²) >= 11 is 0. The first kappa shape index (κ1) is 30.0. The van der Waals surface area contributed by atoms with E-state index in [2.05, 4.69) is 5.32 Å². The number of carbonyl (C=O) groups is 2. The van der Waals surface area contributed by atoms with Crippen LogP contribution in [0.2, 0.25) is 0 Å². The lowest BCUT2D eigenvalue weighted by Crippen LogP contribution is -2.53. The Morgan fingerprint density at radius 3 is 2.32 bits per heavy atom. The first-order valence-corrected chi connectivity index (χ1v) is 13.6. The largest absolute Gasteiger partial charge is 0.497 e. The summed E-state index contributed by atoms with van der Waals surface area (Å²) in [5.41, 5.74) is 0.849. The summed E-state index contributed by atoms with van der Waals surface area (Å²) in [5, 5.41) is 2.88. The topological polar surface area (TPSA) is 99.3 Å². The molecule has 0 aliphatic rings. The molecule has 0 saturated carbocycles. The zero-order chi connectivity index (χ0) is 27.6. The number of anilines is 1. The second-order valence-electron chi connectivity index (χ2n) is 8.72. The van der Waals surface area contributed by atoms with Crippen LogP contribution in [0.1, 0.15) is 38.7 Å². The number of carbonyl (C=O) groups excluding carboxylic acids is 2. The number of benzene rings is 2. The molecule has 11 heteroatoms. The van der Waals surface area contributed by atoms with E-state index in [0.717, 1.165) is 39.1 Å². The van der Waals surface area contributed by atoms with Crippen LogP contribution in [-0.4, -0.2) is 69.8 Å². The molecule has 0 bridgehead atoms. The molecule has 0 aliphatic heterocycles. The van der Waals surface area contributed by atoms with Gasteiger partial charge in [0, 0.05) is 27.2 Å². The zero-order valence-corrected chi connectivity index (χ0v) is 22.9. The molecule has 2 aromatic rings. The lowest BCUT2D eigenvalue weighted by molar-refractivity contribution is -0.140. The van der Waals surface area contributed by atoms with Crippen molar-refractivity contribution in [3.63, 3.8) is 0 Å². The van der Waals surface area contributed by atoms with Gasteiger partial charge in [-0.15, -0.1) is 0 Å². The molecule has 9 nitrogen and oxygen atoms in total. The van der Waals surface area contributed by atoms with Crippen molar-refractivity contribution in [3.05, 3.63) is 59.9 Å². The number of nitrogens with one attached hydrogen (secondary N) is 1. The minimum atomic E-state index is -4.11. The van der Waals surface area contributed by atoms with Gasteiger partial charge < -0.3 is 15.0 Å². The lowest BCUT2D eigenvalue weighted by atomic mass is 10.1. The minimum Gasteiger partial charge on any atom is -0.497 e. The van der Waals surface area contributed by atoms with Gasteiger partial charge in [0.15, 0.2) is 0 Å². The quantitative estimate of drug-likeness (QED) is 0.374. The summed E-state index contributed by atoms with van der Waals surface area (Å²) in [4.78, 5) is 28.3. The van der Waals surface area contributed by atoms with Crippen molar-refractivity contribution in [2.24, 2.45) is 0 Å². The van der Waals surface area contributed by atoms with Crippen LogP contribution in [0.3, 0.4) is 0 Å². The fourth-order valence-electron chi connectivity index (χ4n) is 3.72. The number of ether oxygens (including phenoxy) is 1. The predicted octanol–water partition coefficient (Wildman–Crippen LogP) is 3.17. The lowest BCUT2D eigenvalue weighted by Gasteiger charge is -2.34. The maximum absolute atomic E-state index is 13.8. The maximum Gasteiger partial charge on any atom is 0.304 e. The van der Waals surface area contributed by atoms with E-state index in [1.807, 2.05) is 6.92 Å². The van der Waals surface area contributed by atoms with Gasteiger partial charge >= 0.3 is 10.2 Å². The van der Waals surface area contributed by atoms with Crippen LogP contribution >= 0.6 is 0 Å². The SMILES string of the molecule is CCCCNC(=O)[C@H](CC)N(Cc1cccc(OC)c1)C(=O)CN(c1ccc(F)cc1)S(=O)(=O)N(C)C. The molecular weight excluding hydrogens is 499 g/mol. The van der Waals surface area contributed by atoms with Crippen molar-refractivity contribution in [3.8, 4) is 5.75 Å². The van der Waals surface area contributed by atoms with Crippen molar-refractivity contribution >= 4 is 27.7 Å². The van der Waals surface area contributed by atoms with Gasteiger partial charge in [-0.2, -0.15) is 12.7 Å². The molecule has 0 fully saturated rings. The summed E-state index contributed by atoms with van der Waals surface area (Å²) in [6.45, 7) is 3.77. The summed E-state index contributed by atoms with van der Waals surface area (Å²) in [6.07, 6.45) is 2.02. The van der Waals surface area contributed by atoms with Crippen molar-refractivity contribution < 1.29 is 27.1 Å². The van der Waals surface area contributed by atoms with Crippen molar-refractivity contribution in [2.45, 2.75) is 45.7 Å². The molecule has 2 amide bonds. The number of methoxy groups -OCH3 is 1. The monoisotopic (exact) mass is 536 g/mol. The normalized spacial score (nSPS) is 12.2. The van der Waals surface area contributed by atoms with E-state index in [0.29, 0.717) is 18.7 Å². The highest BCUT2D eigenvalue weighted by Gasteiger charge is 2.33. The number of halogens is 1. The summed E-state index contributed by atoms with van der Waals surface area (Å²) in [5.74, 6) is -0.828. The van der Waals surface area contributed by atoms with Crippen LogP contribution < -0.4 is 14.4 Å².